The number of allylic oxidation sites excluding steroid dienone is 4. The molecule has 4 heteroatoms. The summed E-state index contributed by atoms with van der Waals surface area (Å²) in [4.78, 5) is 0. The Morgan fingerprint density at radius 2 is 1.09 bits per heavy atom. The molecule has 11 aromatic rings. The van der Waals surface area contributed by atoms with E-state index in [1.54, 1.807) is 6.08 Å². The fourth-order valence-electron chi connectivity index (χ4n) is 8.64. The molecule has 3 aromatic heterocycles. The minimum Gasteiger partial charge on any atom is -0.456 e. The number of nitrogens with two attached hydrogens (primary N) is 1. The molecule has 11 rings (SSSR count). The van der Waals surface area contributed by atoms with Gasteiger partial charge in [-0.25, -0.2) is 0 Å². The highest BCUT2D eigenvalue weighted by Gasteiger charge is 2.20. The van der Waals surface area contributed by atoms with E-state index in [1.165, 1.54) is 0 Å². The van der Waals surface area contributed by atoms with Gasteiger partial charge in [0.25, 0.3) is 0 Å². The molecule has 0 amide bonds. The van der Waals surface area contributed by atoms with Crippen molar-refractivity contribution in [2.24, 2.45) is 0 Å². The lowest BCUT2D eigenvalue weighted by atomic mass is 9.92. The molecule has 0 bridgehead atoms. The number of nitrogen functional groups attached to an aromatic ring is 1. The van der Waals surface area contributed by atoms with Crippen LogP contribution in [0.4, 0.5) is 5.69 Å². The van der Waals surface area contributed by atoms with Crippen LogP contribution < -0.4 is 5.73 Å². The summed E-state index contributed by atoms with van der Waals surface area (Å²) in [5.41, 5.74) is 21.8. The number of nitrogens with zero attached hydrogens (tertiary/aromatic N) is 1. The zero-order valence-electron chi connectivity index (χ0n) is 31.5. The second-order valence-electron chi connectivity index (χ2n) is 14.7. The normalized spacial score (nSPS) is 12.1. The van der Waals surface area contributed by atoms with Crippen LogP contribution >= 0.6 is 0 Å². The SMILES string of the molecule is C=C/C=C\C=C/c1ccc(-c2ccc3c(c2)c2cc4c(cc2n3-c2ccccc2-c2ccccc2)oc2ccccc24)cc1-c1cc2c(cc1N)oc1ccccc12. The van der Waals surface area contributed by atoms with Gasteiger partial charge in [0.15, 0.2) is 0 Å². The number of fused-ring (bicyclic) bond motifs is 9. The van der Waals surface area contributed by atoms with Gasteiger partial charge in [-0.1, -0.05) is 140 Å². The lowest BCUT2D eigenvalue weighted by molar-refractivity contribution is 0.669. The molecule has 0 aliphatic carbocycles. The lowest BCUT2D eigenvalue weighted by Gasteiger charge is -2.15. The zero-order chi connectivity index (χ0) is 38.7. The molecule has 0 aliphatic rings. The van der Waals surface area contributed by atoms with Crippen LogP contribution in [0, 0.1) is 0 Å². The van der Waals surface area contributed by atoms with Crippen molar-refractivity contribution in [3.05, 3.63) is 200 Å². The number of anilines is 1. The molecular formula is C54H36N2O2. The molecule has 0 atom stereocenters. The average molecular weight is 745 g/mol. The van der Waals surface area contributed by atoms with Crippen molar-refractivity contribution in [2.45, 2.75) is 0 Å². The van der Waals surface area contributed by atoms with Crippen LogP contribution in [0.15, 0.2) is 204 Å². The Bertz CT molecular complexity index is 3480. The summed E-state index contributed by atoms with van der Waals surface area (Å²) < 4.78 is 15.1. The van der Waals surface area contributed by atoms with E-state index in [2.05, 4.69) is 145 Å². The Kier molecular flexibility index (Phi) is 7.76. The molecule has 8 aromatic carbocycles. The first-order valence-electron chi connectivity index (χ1n) is 19.5. The average Bonchev–Trinajstić information content (AvgIpc) is 3.92. The van der Waals surface area contributed by atoms with E-state index in [9.17, 15) is 0 Å². The van der Waals surface area contributed by atoms with Crippen molar-refractivity contribution in [2.75, 3.05) is 5.73 Å². The molecule has 0 unspecified atom stereocenters. The Morgan fingerprint density at radius 1 is 0.431 bits per heavy atom. The van der Waals surface area contributed by atoms with Gasteiger partial charge in [-0.2, -0.15) is 0 Å². The minimum absolute atomic E-state index is 0.659. The molecule has 0 spiro atoms. The fourth-order valence-corrected chi connectivity index (χ4v) is 8.64. The van der Waals surface area contributed by atoms with E-state index < -0.39 is 0 Å². The molecular weight excluding hydrogens is 709 g/mol. The van der Waals surface area contributed by atoms with Crippen LogP contribution in [0.1, 0.15) is 5.56 Å². The van der Waals surface area contributed by atoms with Crippen LogP contribution in [0.3, 0.4) is 0 Å². The van der Waals surface area contributed by atoms with Crippen LogP contribution in [-0.2, 0) is 0 Å². The Labute approximate surface area is 334 Å². The second kappa shape index (κ2) is 13.4. The number of aromatic nitrogens is 1. The van der Waals surface area contributed by atoms with Crippen molar-refractivity contribution in [3.8, 4) is 39.1 Å². The highest BCUT2D eigenvalue weighted by Crippen LogP contribution is 2.43. The summed E-state index contributed by atoms with van der Waals surface area (Å²) in [6.45, 7) is 3.83. The van der Waals surface area contributed by atoms with Crippen LogP contribution in [0.5, 0.6) is 0 Å². The monoisotopic (exact) mass is 744 g/mol. The molecule has 274 valence electrons. The van der Waals surface area contributed by atoms with Gasteiger partial charge in [-0.05, 0) is 76.3 Å². The maximum atomic E-state index is 6.88. The highest BCUT2D eigenvalue weighted by molar-refractivity contribution is 6.18. The zero-order valence-corrected chi connectivity index (χ0v) is 31.5. The maximum absolute atomic E-state index is 6.88. The third kappa shape index (κ3) is 5.38. The van der Waals surface area contributed by atoms with Gasteiger partial charge >= 0.3 is 0 Å². The van der Waals surface area contributed by atoms with Crippen molar-refractivity contribution in [1.82, 2.24) is 4.57 Å². The number of furan rings is 2. The summed E-state index contributed by atoms with van der Waals surface area (Å²) in [5, 5.41) is 6.64. The van der Waals surface area contributed by atoms with E-state index in [1.807, 2.05) is 54.6 Å². The first-order valence-corrected chi connectivity index (χ1v) is 19.5. The summed E-state index contributed by atoms with van der Waals surface area (Å²) in [5.74, 6) is 0. The van der Waals surface area contributed by atoms with Gasteiger partial charge in [0.2, 0.25) is 0 Å². The number of hydrogen-bond donors (Lipinski definition) is 1. The van der Waals surface area contributed by atoms with Gasteiger partial charge in [-0.3, -0.25) is 0 Å². The van der Waals surface area contributed by atoms with E-state index in [0.29, 0.717) is 5.69 Å². The van der Waals surface area contributed by atoms with Crippen molar-refractivity contribution >= 4 is 77.4 Å². The molecule has 0 radical (unpaired) electrons. The van der Waals surface area contributed by atoms with Gasteiger partial charge in [-0.15, -0.1) is 0 Å². The van der Waals surface area contributed by atoms with E-state index >= 15 is 0 Å². The second-order valence-corrected chi connectivity index (χ2v) is 14.7. The van der Waals surface area contributed by atoms with Gasteiger partial charge < -0.3 is 19.1 Å². The molecule has 4 nitrogen and oxygen atoms in total. The predicted molar refractivity (Wildman–Crippen MR) is 244 cm³/mol. The summed E-state index contributed by atoms with van der Waals surface area (Å²) in [7, 11) is 0. The van der Waals surface area contributed by atoms with Crippen molar-refractivity contribution in [1.29, 1.82) is 0 Å². The third-order valence-electron chi connectivity index (χ3n) is 11.4. The van der Waals surface area contributed by atoms with Crippen LogP contribution in [0.2, 0.25) is 0 Å². The standard InChI is InChI=1S/C54H36N2O2/c1-2-3-4-6-17-35-24-25-36(28-41(35)42-30-45-39-19-10-13-22-51(39)57-53(45)32-47(42)55)37-26-27-49-43(29-37)44-31-46-40-20-11-14-23-52(40)58-54(46)33-50(44)56(49)48-21-12-9-18-38(48)34-15-7-5-8-16-34/h2-33H,1,55H2/b4-3-,17-6-. The van der Waals surface area contributed by atoms with Crippen molar-refractivity contribution in [3.63, 3.8) is 0 Å². The smallest absolute Gasteiger partial charge is 0.137 e. The largest absolute Gasteiger partial charge is 0.456 e. The quantitative estimate of drug-likeness (QED) is 0.131. The van der Waals surface area contributed by atoms with E-state index in [4.69, 9.17) is 14.6 Å². The Balaban J connectivity index is 1.15. The maximum Gasteiger partial charge on any atom is 0.137 e. The number of para-hydroxylation sites is 3. The molecule has 0 saturated heterocycles. The molecule has 2 N–H and O–H groups in total. The topological polar surface area (TPSA) is 57.2 Å². The van der Waals surface area contributed by atoms with E-state index in [-0.39, 0.29) is 0 Å². The number of benzene rings is 8. The summed E-state index contributed by atoms with van der Waals surface area (Å²) in [6.07, 6.45) is 9.85. The van der Waals surface area contributed by atoms with Crippen molar-refractivity contribution < 1.29 is 8.83 Å². The van der Waals surface area contributed by atoms with Gasteiger partial charge in [0, 0.05) is 61.3 Å². The summed E-state index contributed by atoms with van der Waals surface area (Å²) in [6, 6.07) is 57.8. The first kappa shape index (κ1) is 33.5. The highest BCUT2D eigenvalue weighted by atomic mass is 16.3. The third-order valence-corrected chi connectivity index (χ3v) is 11.4. The molecule has 58 heavy (non-hydrogen) atoms. The van der Waals surface area contributed by atoms with E-state index in [0.717, 1.165) is 110 Å². The molecule has 0 fully saturated rings. The number of hydrogen-bond acceptors (Lipinski definition) is 3. The predicted octanol–water partition coefficient (Wildman–Crippen LogP) is 14.9. The molecule has 0 saturated carbocycles. The Hall–Kier alpha value is -7.82. The lowest BCUT2D eigenvalue weighted by Crippen LogP contribution is -1.97. The van der Waals surface area contributed by atoms with Crippen LogP contribution in [0.25, 0.3) is 111 Å². The fraction of sp³-hybridized carbons (Fsp3) is 0. The first-order chi connectivity index (χ1) is 28.6. The van der Waals surface area contributed by atoms with Gasteiger partial charge in [0.05, 0.1) is 16.7 Å². The summed E-state index contributed by atoms with van der Waals surface area (Å²) >= 11 is 0. The minimum atomic E-state index is 0.659. The number of rotatable bonds is 7. The molecule has 0 aliphatic heterocycles. The molecule has 3 heterocycles. The Morgan fingerprint density at radius 3 is 1.88 bits per heavy atom. The van der Waals surface area contributed by atoms with Gasteiger partial charge in [0.1, 0.15) is 22.3 Å². The van der Waals surface area contributed by atoms with Crippen LogP contribution in [-0.4, -0.2) is 4.57 Å².